The Bertz CT molecular complexity index is 1490. The number of morpholine rings is 1. The van der Waals surface area contributed by atoms with Gasteiger partial charge < -0.3 is 4.74 Å². The van der Waals surface area contributed by atoms with Gasteiger partial charge >= 0.3 is 0 Å². The molecular weight excluding hydrogens is 548 g/mol. The number of hydrogen-bond donors (Lipinski definition) is 0. The first-order valence-electron chi connectivity index (χ1n) is 12.4. The van der Waals surface area contributed by atoms with E-state index in [1.807, 2.05) is 0 Å². The first-order chi connectivity index (χ1) is 18.0. The van der Waals surface area contributed by atoms with E-state index < -0.39 is 19.9 Å². The summed E-state index contributed by atoms with van der Waals surface area (Å²) < 4.78 is 57.2. The fraction of sp³-hybridized carbons (Fsp3) is 0.440. The Kier molecular flexibility index (Phi) is 8.85. The Morgan fingerprint density at radius 1 is 1.00 bits per heavy atom. The summed E-state index contributed by atoms with van der Waals surface area (Å²) in [5, 5.41) is 0.448. The molecule has 0 radical (unpaired) electrons. The number of thiazole rings is 1. The summed E-state index contributed by atoms with van der Waals surface area (Å²) in [7, 11) is -7.03. The number of nitrogens with zero attached hydrogens (tertiary/aromatic N) is 4. The number of sulfonamides is 1. The van der Waals surface area contributed by atoms with E-state index in [1.165, 1.54) is 46.0 Å². The highest BCUT2D eigenvalue weighted by atomic mass is 32.2. The van der Waals surface area contributed by atoms with E-state index in [2.05, 4.69) is 9.88 Å². The summed E-state index contributed by atoms with van der Waals surface area (Å²) >= 11 is 1.25. The van der Waals surface area contributed by atoms with Crippen molar-refractivity contribution in [3.05, 3.63) is 48.0 Å². The van der Waals surface area contributed by atoms with Crippen molar-refractivity contribution in [2.24, 2.45) is 0 Å². The lowest BCUT2D eigenvalue weighted by Gasteiger charge is -2.29. The van der Waals surface area contributed by atoms with Crippen molar-refractivity contribution in [2.45, 2.75) is 23.6 Å². The molecule has 0 atom stereocenters. The summed E-state index contributed by atoms with van der Waals surface area (Å²) in [5.74, 6) is -0.313. The number of carbonyl (C=O) groups excluding carboxylic acids is 1. The number of benzene rings is 2. The van der Waals surface area contributed by atoms with Crippen LogP contribution in [0.15, 0.2) is 52.3 Å². The number of amides is 1. The van der Waals surface area contributed by atoms with Gasteiger partial charge in [-0.3, -0.25) is 14.6 Å². The lowest BCUT2D eigenvalue weighted by Crippen LogP contribution is -2.43. The molecule has 1 aliphatic heterocycles. The van der Waals surface area contributed by atoms with Crippen LogP contribution >= 0.6 is 11.3 Å². The summed E-state index contributed by atoms with van der Waals surface area (Å²) in [6, 6.07) is 10.7. The fourth-order valence-corrected chi connectivity index (χ4v) is 7.44. The summed E-state index contributed by atoms with van der Waals surface area (Å²) in [6.07, 6.45) is 1.15. The largest absolute Gasteiger partial charge is 0.379 e. The lowest BCUT2D eigenvalue weighted by molar-refractivity contribution is 0.0391. The fourth-order valence-electron chi connectivity index (χ4n) is 4.23. The molecule has 0 unspecified atom stereocenters. The van der Waals surface area contributed by atoms with Crippen molar-refractivity contribution in [1.29, 1.82) is 0 Å². The van der Waals surface area contributed by atoms with Crippen LogP contribution in [-0.2, 0) is 24.6 Å². The smallest absolute Gasteiger partial charge is 0.260 e. The van der Waals surface area contributed by atoms with Gasteiger partial charge in [-0.2, -0.15) is 4.31 Å². The number of anilines is 1. The van der Waals surface area contributed by atoms with E-state index in [-0.39, 0.29) is 15.7 Å². The molecule has 2 heterocycles. The van der Waals surface area contributed by atoms with Gasteiger partial charge in [0.2, 0.25) is 10.0 Å². The van der Waals surface area contributed by atoms with Crippen molar-refractivity contribution in [2.75, 3.05) is 63.6 Å². The molecule has 1 amide bonds. The maximum absolute atomic E-state index is 13.7. The minimum absolute atomic E-state index is 0.130. The third kappa shape index (κ3) is 6.24. The molecule has 0 N–H and O–H groups in total. The van der Waals surface area contributed by atoms with Gasteiger partial charge in [0.25, 0.3) is 5.91 Å². The van der Waals surface area contributed by atoms with Crippen molar-refractivity contribution in [1.82, 2.24) is 14.2 Å². The summed E-state index contributed by atoms with van der Waals surface area (Å²) in [5.41, 5.74) is 0.934. The van der Waals surface area contributed by atoms with Gasteiger partial charge in [-0.1, -0.05) is 25.2 Å². The lowest BCUT2D eigenvalue weighted by atomic mass is 10.2. The number of ether oxygens (including phenoxy) is 1. The second kappa shape index (κ2) is 11.8. The van der Waals surface area contributed by atoms with Crippen molar-refractivity contribution < 1.29 is 26.4 Å². The number of hydrogen-bond acceptors (Lipinski definition) is 9. The predicted molar refractivity (Wildman–Crippen MR) is 148 cm³/mol. The first-order valence-corrected chi connectivity index (χ1v) is 16.5. The highest BCUT2D eigenvalue weighted by Gasteiger charge is 2.25. The second-order valence-electron chi connectivity index (χ2n) is 8.92. The van der Waals surface area contributed by atoms with Gasteiger partial charge in [0.1, 0.15) is 0 Å². The van der Waals surface area contributed by atoms with Gasteiger partial charge in [0.05, 0.1) is 33.2 Å². The first kappa shape index (κ1) is 28.6. The normalized spacial score (nSPS) is 15.3. The predicted octanol–water partition coefficient (Wildman–Crippen LogP) is 2.71. The zero-order chi connectivity index (χ0) is 27.5. The Morgan fingerprint density at radius 2 is 1.63 bits per heavy atom. The van der Waals surface area contributed by atoms with E-state index in [4.69, 9.17) is 4.74 Å². The minimum Gasteiger partial charge on any atom is -0.379 e. The molecule has 1 saturated heterocycles. The molecule has 2 aromatic carbocycles. The topological polar surface area (TPSA) is 117 Å². The Morgan fingerprint density at radius 3 is 2.24 bits per heavy atom. The van der Waals surface area contributed by atoms with Crippen molar-refractivity contribution >= 4 is 52.5 Å². The van der Waals surface area contributed by atoms with E-state index in [0.717, 1.165) is 19.3 Å². The standard InChI is InChI=1S/C25H32N4O6S3/c1-4-28(5-2)38(33,34)20-8-6-19(7-9-20)24(30)29(13-12-27-14-16-35-17-15-27)25-26-22-11-10-21(37(3,31)32)18-23(22)36-25/h6-11,18H,4-5,12-17H2,1-3H3. The molecule has 0 aliphatic carbocycles. The number of aromatic nitrogens is 1. The van der Waals surface area contributed by atoms with Gasteiger partial charge in [-0.05, 0) is 42.5 Å². The van der Waals surface area contributed by atoms with Gasteiger partial charge in [0.15, 0.2) is 15.0 Å². The van der Waals surface area contributed by atoms with E-state index in [0.29, 0.717) is 60.3 Å². The van der Waals surface area contributed by atoms with Crippen LogP contribution in [0.3, 0.4) is 0 Å². The van der Waals surface area contributed by atoms with Crippen molar-refractivity contribution in [3.63, 3.8) is 0 Å². The van der Waals surface area contributed by atoms with Crippen LogP contribution in [0.2, 0.25) is 0 Å². The molecule has 13 heteroatoms. The van der Waals surface area contributed by atoms with Gasteiger partial charge in [-0.15, -0.1) is 0 Å². The zero-order valence-electron chi connectivity index (χ0n) is 21.7. The third-order valence-corrected chi connectivity index (χ3v) is 10.7. The molecule has 3 aromatic rings. The van der Waals surface area contributed by atoms with Crippen LogP contribution in [0.5, 0.6) is 0 Å². The number of sulfone groups is 1. The number of fused-ring (bicyclic) bond motifs is 1. The van der Waals surface area contributed by atoms with E-state index in [9.17, 15) is 21.6 Å². The number of rotatable bonds is 10. The highest BCUT2D eigenvalue weighted by Crippen LogP contribution is 2.31. The Labute approximate surface area is 227 Å². The molecular formula is C25H32N4O6S3. The van der Waals surface area contributed by atoms with E-state index in [1.54, 1.807) is 30.9 Å². The average Bonchev–Trinajstić information content (AvgIpc) is 3.32. The zero-order valence-corrected chi connectivity index (χ0v) is 24.1. The SMILES string of the molecule is CCN(CC)S(=O)(=O)c1ccc(C(=O)N(CCN2CCOCC2)c2nc3ccc(S(C)(=O)=O)cc3s2)cc1. The average molecular weight is 581 g/mol. The van der Waals surface area contributed by atoms with Crippen LogP contribution in [0, 0.1) is 0 Å². The highest BCUT2D eigenvalue weighted by molar-refractivity contribution is 7.90. The Balaban J connectivity index is 1.66. The molecule has 1 aliphatic rings. The molecule has 206 valence electrons. The third-order valence-electron chi connectivity index (χ3n) is 6.44. The van der Waals surface area contributed by atoms with Gasteiger partial charge in [0, 0.05) is 51.1 Å². The maximum atomic E-state index is 13.7. The van der Waals surface area contributed by atoms with Crippen LogP contribution in [0.1, 0.15) is 24.2 Å². The summed E-state index contributed by atoms with van der Waals surface area (Å²) in [4.78, 5) is 22.5. The molecule has 4 rings (SSSR count). The summed E-state index contributed by atoms with van der Waals surface area (Å²) in [6.45, 7) is 8.02. The maximum Gasteiger partial charge on any atom is 0.260 e. The molecule has 0 spiro atoms. The molecule has 0 bridgehead atoms. The van der Waals surface area contributed by atoms with Gasteiger partial charge in [-0.25, -0.2) is 21.8 Å². The Hall–Kier alpha value is -2.42. The van der Waals surface area contributed by atoms with Crippen LogP contribution in [0.4, 0.5) is 5.13 Å². The van der Waals surface area contributed by atoms with Crippen molar-refractivity contribution in [3.8, 4) is 0 Å². The quantitative estimate of drug-likeness (QED) is 0.359. The molecule has 1 fully saturated rings. The second-order valence-corrected chi connectivity index (χ2v) is 13.9. The molecule has 38 heavy (non-hydrogen) atoms. The molecule has 1 aromatic heterocycles. The van der Waals surface area contributed by atoms with Crippen LogP contribution in [0.25, 0.3) is 10.2 Å². The minimum atomic E-state index is -3.64. The molecule has 0 saturated carbocycles. The van der Waals surface area contributed by atoms with E-state index >= 15 is 0 Å². The monoisotopic (exact) mass is 580 g/mol. The number of carbonyl (C=O) groups is 1. The molecule has 10 nitrogen and oxygen atoms in total. The van der Waals surface area contributed by atoms with Crippen LogP contribution < -0.4 is 4.90 Å². The van der Waals surface area contributed by atoms with Crippen LogP contribution in [-0.4, -0.2) is 95.7 Å².